The number of nitrogens with one attached hydrogen (secondary N) is 1. The minimum atomic E-state index is -3.50. The fourth-order valence-electron chi connectivity index (χ4n) is 1.15. The van der Waals surface area contributed by atoms with E-state index in [-0.39, 0.29) is 17.9 Å². The molecule has 6 nitrogen and oxygen atoms in total. The Morgan fingerprint density at radius 1 is 1.44 bits per heavy atom. The van der Waals surface area contributed by atoms with Crippen LogP contribution in [0.5, 0.6) is 5.75 Å². The van der Waals surface area contributed by atoms with Crippen LogP contribution in [0.25, 0.3) is 0 Å². The third-order valence-electron chi connectivity index (χ3n) is 1.71. The van der Waals surface area contributed by atoms with Crippen LogP contribution in [0, 0.1) is 0 Å². The molecule has 0 aliphatic rings. The quantitative estimate of drug-likeness (QED) is 0.666. The second-order valence-electron chi connectivity index (χ2n) is 3.30. The van der Waals surface area contributed by atoms with Gasteiger partial charge in [0.1, 0.15) is 5.75 Å². The number of phenols is 1. The molecule has 3 N–H and O–H groups in total. The van der Waals surface area contributed by atoms with Gasteiger partial charge in [-0.25, -0.2) is 8.42 Å². The van der Waals surface area contributed by atoms with Gasteiger partial charge in [-0.05, 0) is 17.7 Å². The highest BCUT2D eigenvalue weighted by Crippen LogP contribution is 2.25. The van der Waals surface area contributed by atoms with Gasteiger partial charge >= 0.3 is 5.97 Å². The molecule has 0 saturated carbocycles. The van der Waals surface area contributed by atoms with Crippen LogP contribution in [0.3, 0.4) is 0 Å². The number of carboxylic acid groups (broad SMARTS) is 1. The maximum atomic E-state index is 10.9. The number of aliphatic carboxylic acids is 1. The standard InChI is InChI=1S/C9H11NO5S/c1-16(14,15)10-7-4-6(5-9(12)13)2-3-8(7)11/h2-4,10-11H,5H2,1H3,(H,12,13). The van der Waals surface area contributed by atoms with Crippen LogP contribution in [0.15, 0.2) is 18.2 Å². The summed E-state index contributed by atoms with van der Waals surface area (Å²) in [5.74, 6) is -1.28. The van der Waals surface area contributed by atoms with Crippen molar-refractivity contribution in [2.24, 2.45) is 0 Å². The van der Waals surface area contributed by atoms with Gasteiger partial charge in [0.25, 0.3) is 0 Å². The first-order chi connectivity index (χ1) is 7.28. The summed E-state index contributed by atoms with van der Waals surface area (Å²) < 4.78 is 24.0. The molecule has 0 fully saturated rings. The normalized spacial score (nSPS) is 11.1. The molecule has 0 bridgehead atoms. The highest BCUT2D eigenvalue weighted by molar-refractivity contribution is 7.92. The molecule has 0 unspecified atom stereocenters. The summed E-state index contributed by atoms with van der Waals surface area (Å²) in [7, 11) is -3.50. The minimum Gasteiger partial charge on any atom is -0.506 e. The molecule has 16 heavy (non-hydrogen) atoms. The Morgan fingerprint density at radius 3 is 2.56 bits per heavy atom. The van der Waals surface area contributed by atoms with E-state index in [1.54, 1.807) is 0 Å². The summed E-state index contributed by atoms with van der Waals surface area (Å²) in [4.78, 5) is 10.4. The second kappa shape index (κ2) is 4.40. The van der Waals surface area contributed by atoms with Crippen molar-refractivity contribution in [1.82, 2.24) is 0 Å². The molecule has 1 rings (SSSR count). The first kappa shape index (κ1) is 12.3. The molecule has 0 radical (unpaired) electrons. The fourth-order valence-corrected chi connectivity index (χ4v) is 1.71. The van der Waals surface area contributed by atoms with Crippen molar-refractivity contribution in [3.8, 4) is 5.75 Å². The first-order valence-electron chi connectivity index (χ1n) is 4.29. The van der Waals surface area contributed by atoms with Gasteiger partial charge in [0.15, 0.2) is 0 Å². The average molecular weight is 245 g/mol. The largest absolute Gasteiger partial charge is 0.506 e. The van der Waals surface area contributed by atoms with Crippen molar-refractivity contribution in [2.45, 2.75) is 6.42 Å². The predicted octanol–water partition coefficient (Wildman–Crippen LogP) is 0.391. The SMILES string of the molecule is CS(=O)(=O)Nc1cc(CC(=O)O)ccc1O. The summed E-state index contributed by atoms with van der Waals surface area (Å²) in [6.07, 6.45) is 0.703. The Labute approximate surface area is 92.6 Å². The molecular weight excluding hydrogens is 234 g/mol. The van der Waals surface area contributed by atoms with Gasteiger partial charge in [-0.1, -0.05) is 6.07 Å². The highest BCUT2D eigenvalue weighted by Gasteiger charge is 2.09. The lowest BCUT2D eigenvalue weighted by Gasteiger charge is -2.07. The third-order valence-corrected chi connectivity index (χ3v) is 2.30. The topological polar surface area (TPSA) is 104 Å². The molecule has 0 amide bonds. The molecular formula is C9H11NO5S. The molecule has 0 spiro atoms. The van der Waals surface area contributed by atoms with Gasteiger partial charge in [-0.3, -0.25) is 9.52 Å². The molecule has 0 aliphatic heterocycles. The number of carboxylic acids is 1. The molecule has 1 aromatic carbocycles. The number of rotatable bonds is 4. The number of anilines is 1. The summed E-state index contributed by atoms with van der Waals surface area (Å²) in [6.45, 7) is 0. The Hall–Kier alpha value is -1.76. The van der Waals surface area contributed by atoms with E-state index >= 15 is 0 Å². The van der Waals surface area contributed by atoms with Crippen molar-refractivity contribution >= 4 is 21.7 Å². The van der Waals surface area contributed by atoms with Gasteiger partial charge in [-0.2, -0.15) is 0 Å². The van der Waals surface area contributed by atoms with Gasteiger partial charge in [0.05, 0.1) is 18.4 Å². The average Bonchev–Trinajstić information content (AvgIpc) is 2.07. The zero-order valence-electron chi connectivity index (χ0n) is 8.47. The van der Waals surface area contributed by atoms with Crippen molar-refractivity contribution in [2.75, 3.05) is 11.0 Å². The van der Waals surface area contributed by atoms with E-state index in [0.717, 1.165) is 6.26 Å². The Morgan fingerprint density at radius 2 is 2.06 bits per heavy atom. The van der Waals surface area contributed by atoms with Crippen molar-refractivity contribution in [1.29, 1.82) is 0 Å². The number of hydrogen-bond donors (Lipinski definition) is 3. The lowest BCUT2D eigenvalue weighted by atomic mass is 10.1. The second-order valence-corrected chi connectivity index (χ2v) is 5.04. The first-order valence-corrected chi connectivity index (χ1v) is 6.18. The van der Waals surface area contributed by atoms with Gasteiger partial charge in [0.2, 0.25) is 10.0 Å². The molecule has 0 saturated heterocycles. The minimum absolute atomic E-state index is 0.0266. The summed E-state index contributed by atoms with van der Waals surface area (Å²) in [5, 5.41) is 17.9. The maximum absolute atomic E-state index is 10.9. The van der Waals surface area contributed by atoms with Gasteiger partial charge in [-0.15, -0.1) is 0 Å². The van der Waals surface area contributed by atoms with Crippen LogP contribution in [0.1, 0.15) is 5.56 Å². The Bertz CT molecular complexity index is 509. The molecule has 0 heterocycles. The number of carbonyl (C=O) groups is 1. The van der Waals surface area contributed by atoms with Crippen molar-refractivity contribution in [3.05, 3.63) is 23.8 Å². The van der Waals surface area contributed by atoms with E-state index in [4.69, 9.17) is 5.11 Å². The molecule has 7 heteroatoms. The summed E-state index contributed by atoms with van der Waals surface area (Å²) in [5.41, 5.74) is 0.373. The molecule has 88 valence electrons. The van der Waals surface area contributed by atoms with E-state index in [0.29, 0.717) is 5.56 Å². The molecule has 0 aliphatic carbocycles. The van der Waals surface area contributed by atoms with Crippen LogP contribution in [0.4, 0.5) is 5.69 Å². The number of hydrogen-bond acceptors (Lipinski definition) is 4. The Balaban J connectivity index is 3.04. The Kier molecular flexibility index (Phi) is 3.38. The lowest BCUT2D eigenvalue weighted by molar-refractivity contribution is -0.136. The molecule has 0 atom stereocenters. The van der Waals surface area contributed by atoms with E-state index in [1.807, 2.05) is 0 Å². The van der Waals surface area contributed by atoms with Crippen LogP contribution in [-0.4, -0.2) is 30.9 Å². The predicted molar refractivity (Wildman–Crippen MR) is 57.9 cm³/mol. The lowest BCUT2D eigenvalue weighted by Crippen LogP contribution is -2.10. The number of sulfonamides is 1. The van der Waals surface area contributed by atoms with Crippen LogP contribution >= 0.6 is 0 Å². The van der Waals surface area contributed by atoms with E-state index in [2.05, 4.69) is 4.72 Å². The van der Waals surface area contributed by atoms with E-state index in [9.17, 15) is 18.3 Å². The van der Waals surface area contributed by atoms with E-state index < -0.39 is 16.0 Å². The highest BCUT2D eigenvalue weighted by atomic mass is 32.2. The summed E-state index contributed by atoms with van der Waals surface area (Å²) in [6, 6.07) is 3.94. The van der Waals surface area contributed by atoms with Gasteiger partial charge < -0.3 is 10.2 Å². The van der Waals surface area contributed by atoms with Crippen LogP contribution in [-0.2, 0) is 21.2 Å². The zero-order valence-corrected chi connectivity index (χ0v) is 9.28. The molecule has 1 aromatic rings. The van der Waals surface area contributed by atoms with Crippen molar-refractivity contribution in [3.63, 3.8) is 0 Å². The summed E-state index contributed by atoms with van der Waals surface area (Å²) >= 11 is 0. The van der Waals surface area contributed by atoms with Crippen molar-refractivity contribution < 1.29 is 23.4 Å². The van der Waals surface area contributed by atoms with Crippen LogP contribution < -0.4 is 4.72 Å². The zero-order chi connectivity index (χ0) is 12.3. The smallest absolute Gasteiger partial charge is 0.307 e. The fraction of sp³-hybridized carbons (Fsp3) is 0.222. The maximum Gasteiger partial charge on any atom is 0.307 e. The monoisotopic (exact) mass is 245 g/mol. The molecule has 0 aromatic heterocycles. The number of benzene rings is 1. The number of aromatic hydroxyl groups is 1. The third kappa shape index (κ3) is 3.77. The number of phenolic OH excluding ortho intramolecular Hbond substituents is 1. The van der Waals surface area contributed by atoms with Gasteiger partial charge in [0, 0.05) is 0 Å². The van der Waals surface area contributed by atoms with E-state index in [1.165, 1.54) is 18.2 Å². The van der Waals surface area contributed by atoms with Crippen LogP contribution in [0.2, 0.25) is 0 Å².